The highest BCUT2D eigenvalue weighted by Gasteiger charge is 2.16. The fourth-order valence-corrected chi connectivity index (χ4v) is 2.31. The molecule has 6 heteroatoms. The van der Waals surface area contributed by atoms with Crippen LogP contribution in [0.3, 0.4) is 0 Å². The van der Waals surface area contributed by atoms with Crippen LogP contribution in [0.4, 0.5) is 0 Å². The van der Waals surface area contributed by atoms with Crippen molar-refractivity contribution in [2.24, 2.45) is 0 Å². The van der Waals surface area contributed by atoms with Gasteiger partial charge in [0.05, 0.1) is 27.5 Å². The van der Waals surface area contributed by atoms with E-state index in [-0.39, 0.29) is 21.5 Å². The maximum absolute atomic E-state index is 12.3. The van der Waals surface area contributed by atoms with Crippen LogP contribution < -0.4 is 10.8 Å². The van der Waals surface area contributed by atoms with Gasteiger partial charge in [0.15, 0.2) is 5.65 Å². The van der Waals surface area contributed by atoms with E-state index in [0.29, 0.717) is 17.3 Å². The van der Waals surface area contributed by atoms with E-state index in [1.54, 1.807) is 24.3 Å². The average Bonchev–Trinajstić information content (AvgIpc) is 2.79. The standard InChI is InChI=1S/C13H6ClN3O2/c14-11-7(5-15)12-16-9-3-1-2-4-10(9)17(12)13(19)8(11)6-18/h1-4,6,18H/b8-6+. The molecule has 0 bridgehead atoms. The van der Waals surface area contributed by atoms with Crippen molar-refractivity contribution in [1.82, 2.24) is 9.38 Å². The number of nitriles is 1. The van der Waals surface area contributed by atoms with Crippen LogP contribution in [0.5, 0.6) is 0 Å². The molecule has 0 aliphatic carbocycles. The van der Waals surface area contributed by atoms with Crippen LogP contribution >= 0.6 is 11.6 Å². The van der Waals surface area contributed by atoms with Crippen molar-refractivity contribution >= 4 is 34.5 Å². The van der Waals surface area contributed by atoms with E-state index in [1.165, 1.54) is 4.40 Å². The van der Waals surface area contributed by atoms with Gasteiger partial charge < -0.3 is 5.11 Å². The number of aliphatic hydroxyl groups excluding tert-OH is 1. The monoisotopic (exact) mass is 271 g/mol. The third kappa shape index (κ3) is 1.41. The summed E-state index contributed by atoms with van der Waals surface area (Å²) in [7, 11) is 0. The first-order valence-corrected chi connectivity index (χ1v) is 5.74. The summed E-state index contributed by atoms with van der Waals surface area (Å²) in [6.07, 6.45) is 0.611. The van der Waals surface area contributed by atoms with Crippen LogP contribution in [0.25, 0.3) is 22.9 Å². The zero-order chi connectivity index (χ0) is 13.6. The Labute approximate surface area is 111 Å². The molecule has 3 rings (SSSR count). The van der Waals surface area contributed by atoms with Crippen LogP contribution in [-0.4, -0.2) is 14.5 Å². The van der Waals surface area contributed by atoms with Crippen molar-refractivity contribution in [3.63, 3.8) is 0 Å². The zero-order valence-corrected chi connectivity index (χ0v) is 10.2. The molecular weight excluding hydrogens is 266 g/mol. The van der Waals surface area contributed by atoms with Gasteiger partial charge in [-0.15, -0.1) is 0 Å². The molecule has 0 amide bonds. The highest BCUT2D eigenvalue weighted by molar-refractivity contribution is 6.32. The Bertz CT molecular complexity index is 970. The number of halogens is 1. The van der Waals surface area contributed by atoms with Crippen LogP contribution in [0.1, 0.15) is 5.56 Å². The summed E-state index contributed by atoms with van der Waals surface area (Å²) in [6, 6.07) is 8.91. The molecule has 1 N–H and O–H groups in total. The van der Waals surface area contributed by atoms with Gasteiger partial charge >= 0.3 is 0 Å². The number of nitrogens with zero attached hydrogens (tertiary/aromatic N) is 3. The topological polar surface area (TPSA) is 78.4 Å². The molecule has 0 aliphatic rings. The lowest BCUT2D eigenvalue weighted by atomic mass is 10.2. The first-order valence-electron chi connectivity index (χ1n) is 5.36. The largest absolute Gasteiger partial charge is 0.515 e. The maximum Gasteiger partial charge on any atom is 0.268 e. The van der Waals surface area contributed by atoms with Gasteiger partial charge in [0.25, 0.3) is 5.56 Å². The molecule has 3 aromatic rings. The van der Waals surface area contributed by atoms with E-state index in [4.69, 9.17) is 22.0 Å². The quantitative estimate of drug-likeness (QED) is 0.670. The molecule has 5 nitrogen and oxygen atoms in total. The molecule has 0 atom stereocenters. The van der Waals surface area contributed by atoms with Gasteiger partial charge in [-0.3, -0.25) is 9.20 Å². The molecule has 2 aromatic heterocycles. The van der Waals surface area contributed by atoms with Crippen LogP contribution in [-0.2, 0) is 0 Å². The normalized spacial score (nSPS) is 12.1. The second-order valence-electron chi connectivity index (χ2n) is 3.91. The molecule has 1 aromatic carbocycles. The number of imidazole rings is 1. The highest BCUT2D eigenvalue weighted by atomic mass is 35.5. The van der Waals surface area contributed by atoms with Gasteiger partial charge in [0.1, 0.15) is 11.6 Å². The van der Waals surface area contributed by atoms with Crippen molar-refractivity contribution in [2.45, 2.75) is 0 Å². The Hall–Kier alpha value is -2.58. The number of fused-ring (bicyclic) bond motifs is 3. The van der Waals surface area contributed by atoms with Gasteiger partial charge in [-0.25, -0.2) is 4.98 Å². The van der Waals surface area contributed by atoms with Gasteiger partial charge in [-0.2, -0.15) is 5.26 Å². The Balaban J connectivity index is 2.78. The summed E-state index contributed by atoms with van der Waals surface area (Å²) in [5, 5.41) is 18.1. The van der Waals surface area contributed by atoms with Crippen molar-refractivity contribution in [3.8, 4) is 6.07 Å². The predicted molar refractivity (Wildman–Crippen MR) is 71.0 cm³/mol. The van der Waals surface area contributed by atoms with E-state index in [1.807, 2.05) is 6.07 Å². The van der Waals surface area contributed by atoms with E-state index in [2.05, 4.69) is 4.98 Å². The fraction of sp³-hybridized carbons (Fsp3) is 0. The Morgan fingerprint density at radius 1 is 1.42 bits per heavy atom. The van der Waals surface area contributed by atoms with Gasteiger partial charge in [0.2, 0.25) is 0 Å². The lowest BCUT2D eigenvalue weighted by Crippen LogP contribution is -2.32. The number of hydrogen-bond acceptors (Lipinski definition) is 4. The summed E-state index contributed by atoms with van der Waals surface area (Å²) in [5.41, 5.74) is 0.915. The van der Waals surface area contributed by atoms with Crippen LogP contribution in [0.15, 0.2) is 29.1 Å². The zero-order valence-electron chi connectivity index (χ0n) is 9.46. The summed E-state index contributed by atoms with van der Waals surface area (Å²) >= 11 is 5.95. The SMILES string of the molecule is N#Cc1c(Cl)/c(=C\O)c(=O)n2c1nc1ccccc12. The van der Waals surface area contributed by atoms with Crippen molar-refractivity contribution < 1.29 is 5.11 Å². The molecule has 19 heavy (non-hydrogen) atoms. The number of aromatic nitrogens is 2. The highest BCUT2D eigenvalue weighted by Crippen LogP contribution is 2.19. The van der Waals surface area contributed by atoms with Crippen LogP contribution in [0, 0.1) is 11.3 Å². The number of pyridine rings is 1. The maximum atomic E-state index is 12.3. The van der Waals surface area contributed by atoms with Crippen LogP contribution in [0.2, 0.25) is 5.02 Å². The number of aliphatic hydroxyl groups is 1. The number of benzene rings is 1. The molecule has 0 saturated heterocycles. The number of rotatable bonds is 0. The molecule has 2 heterocycles. The number of hydrogen-bond donors (Lipinski definition) is 1. The average molecular weight is 272 g/mol. The van der Waals surface area contributed by atoms with E-state index in [0.717, 1.165) is 0 Å². The molecule has 0 spiro atoms. The minimum atomic E-state index is -0.504. The molecule has 92 valence electrons. The van der Waals surface area contributed by atoms with Crippen molar-refractivity contribution in [3.05, 3.63) is 50.4 Å². The molecular formula is C13H6ClN3O2. The molecule has 0 saturated carbocycles. The Morgan fingerprint density at radius 2 is 2.16 bits per heavy atom. The summed E-state index contributed by atoms with van der Waals surface area (Å²) in [4.78, 5) is 16.5. The predicted octanol–water partition coefficient (Wildman–Crippen LogP) is 1.39. The fourth-order valence-electron chi connectivity index (χ4n) is 2.06. The van der Waals surface area contributed by atoms with Gasteiger partial charge in [-0.05, 0) is 12.1 Å². The van der Waals surface area contributed by atoms with E-state index >= 15 is 0 Å². The third-order valence-corrected chi connectivity index (χ3v) is 3.31. The van der Waals surface area contributed by atoms with Crippen molar-refractivity contribution in [1.29, 1.82) is 5.26 Å². The van der Waals surface area contributed by atoms with E-state index < -0.39 is 5.56 Å². The van der Waals surface area contributed by atoms with E-state index in [9.17, 15) is 4.79 Å². The second-order valence-corrected chi connectivity index (χ2v) is 4.29. The Morgan fingerprint density at radius 3 is 2.84 bits per heavy atom. The smallest absolute Gasteiger partial charge is 0.268 e. The minimum Gasteiger partial charge on any atom is -0.515 e. The lowest BCUT2D eigenvalue weighted by molar-refractivity contribution is 0.539. The van der Waals surface area contributed by atoms with Gasteiger partial charge in [-0.1, -0.05) is 23.7 Å². The molecule has 0 radical (unpaired) electrons. The molecule has 0 fully saturated rings. The summed E-state index contributed by atoms with van der Waals surface area (Å²) in [6.45, 7) is 0. The summed E-state index contributed by atoms with van der Waals surface area (Å²) in [5.74, 6) is 0. The molecule has 0 aliphatic heterocycles. The minimum absolute atomic E-state index is 0.0674. The third-order valence-electron chi connectivity index (χ3n) is 2.91. The lowest BCUT2D eigenvalue weighted by Gasteiger charge is -1.99. The second kappa shape index (κ2) is 3.97. The van der Waals surface area contributed by atoms with Crippen molar-refractivity contribution in [2.75, 3.05) is 0 Å². The Kier molecular flexibility index (Phi) is 2.40. The molecule has 0 unspecified atom stereocenters. The first-order chi connectivity index (χ1) is 9.19. The van der Waals surface area contributed by atoms with Gasteiger partial charge in [0, 0.05) is 0 Å². The number of para-hydroxylation sites is 2. The summed E-state index contributed by atoms with van der Waals surface area (Å²) < 4.78 is 1.28. The first kappa shape index (κ1) is 11.5.